The number of hydrogen-bond acceptors (Lipinski definition) is 4. The summed E-state index contributed by atoms with van der Waals surface area (Å²) in [6.07, 6.45) is 6.93. The molecule has 1 N–H and O–H groups in total. The van der Waals surface area contributed by atoms with E-state index in [-0.39, 0.29) is 5.91 Å². The topological polar surface area (TPSA) is 77.6 Å². The molecule has 0 unspecified atom stereocenters. The van der Waals surface area contributed by atoms with E-state index in [1.165, 1.54) is 0 Å². The monoisotopic (exact) mass is 324 g/mol. The fourth-order valence-electron chi connectivity index (χ4n) is 2.55. The molecule has 0 aliphatic carbocycles. The van der Waals surface area contributed by atoms with Crippen LogP contribution in [0.3, 0.4) is 0 Å². The van der Waals surface area contributed by atoms with Crippen LogP contribution in [0.1, 0.15) is 41.5 Å². The van der Waals surface area contributed by atoms with E-state index in [0.29, 0.717) is 17.3 Å². The van der Waals surface area contributed by atoms with Gasteiger partial charge in [-0.05, 0) is 30.5 Å². The van der Waals surface area contributed by atoms with E-state index in [1.807, 2.05) is 26.2 Å². The number of aromatic nitrogens is 5. The predicted molar refractivity (Wildman–Crippen MR) is 91.3 cm³/mol. The standard InChI is InChI=1S/C17H20N6O/c1-11(2)16-7-13(21-22(16)4)17(24)20-14-9-18-6-5-15(14)23-10-12(3)8-19-23/h5-11H,1-4H3,(H,20,24). The Bertz CT molecular complexity index is 877. The molecule has 24 heavy (non-hydrogen) atoms. The summed E-state index contributed by atoms with van der Waals surface area (Å²) in [5.74, 6) is 0.0284. The number of nitrogens with zero attached hydrogens (tertiary/aromatic N) is 5. The van der Waals surface area contributed by atoms with Crippen LogP contribution in [0.25, 0.3) is 5.69 Å². The Kier molecular flexibility index (Phi) is 4.16. The predicted octanol–water partition coefficient (Wildman–Crippen LogP) is 2.68. The fraction of sp³-hybridized carbons (Fsp3) is 0.294. The molecule has 0 aliphatic heterocycles. The quantitative estimate of drug-likeness (QED) is 0.800. The lowest BCUT2D eigenvalue weighted by Gasteiger charge is -2.09. The molecule has 3 rings (SSSR count). The number of carbonyl (C=O) groups is 1. The van der Waals surface area contributed by atoms with Gasteiger partial charge in [-0.15, -0.1) is 0 Å². The van der Waals surface area contributed by atoms with Crippen molar-refractivity contribution in [1.82, 2.24) is 24.5 Å². The summed E-state index contributed by atoms with van der Waals surface area (Å²) in [6.45, 7) is 6.10. The Morgan fingerprint density at radius 1 is 1.29 bits per heavy atom. The molecule has 124 valence electrons. The van der Waals surface area contributed by atoms with Crippen molar-refractivity contribution in [2.45, 2.75) is 26.7 Å². The molecule has 7 heteroatoms. The van der Waals surface area contributed by atoms with Crippen LogP contribution in [-0.2, 0) is 7.05 Å². The molecule has 0 bridgehead atoms. The van der Waals surface area contributed by atoms with E-state index >= 15 is 0 Å². The second-order valence-electron chi connectivity index (χ2n) is 6.04. The maximum Gasteiger partial charge on any atom is 0.276 e. The van der Waals surface area contributed by atoms with Gasteiger partial charge < -0.3 is 5.32 Å². The molecule has 0 aromatic carbocycles. The van der Waals surface area contributed by atoms with Crippen molar-refractivity contribution < 1.29 is 4.79 Å². The third-order valence-electron chi connectivity index (χ3n) is 3.74. The highest BCUT2D eigenvalue weighted by Crippen LogP contribution is 2.20. The Labute approximate surface area is 140 Å². The van der Waals surface area contributed by atoms with Crippen molar-refractivity contribution in [3.63, 3.8) is 0 Å². The Morgan fingerprint density at radius 3 is 2.71 bits per heavy atom. The summed E-state index contributed by atoms with van der Waals surface area (Å²) in [4.78, 5) is 16.6. The molecule has 0 radical (unpaired) electrons. The highest BCUT2D eigenvalue weighted by Gasteiger charge is 2.16. The van der Waals surface area contributed by atoms with Crippen molar-refractivity contribution in [1.29, 1.82) is 0 Å². The van der Waals surface area contributed by atoms with Crippen LogP contribution in [0, 0.1) is 6.92 Å². The number of rotatable bonds is 4. The first kappa shape index (κ1) is 15.9. The molecule has 3 aromatic heterocycles. The number of nitrogens with one attached hydrogen (secondary N) is 1. The van der Waals surface area contributed by atoms with Gasteiger partial charge in [0.2, 0.25) is 0 Å². The third kappa shape index (κ3) is 3.05. The van der Waals surface area contributed by atoms with Crippen LogP contribution in [0.2, 0.25) is 0 Å². The van der Waals surface area contributed by atoms with Crippen molar-refractivity contribution >= 4 is 11.6 Å². The van der Waals surface area contributed by atoms with E-state index in [2.05, 4.69) is 34.3 Å². The van der Waals surface area contributed by atoms with Gasteiger partial charge in [0.15, 0.2) is 5.69 Å². The summed E-state index contributed by atoms with van der Waals surface area (Å²) in [5, 5.41) is 11.5. The van der Waals surface area contributed by atoms with E-state index in [1.54, 1.807) is 34.0 Å². The van der Waals surface area contributed by atoms with E-state index in [0.717, 1.165) is 16.9 Å². The van der Waals surface area contributed by atoms with Gasteiger partial charge in [-0.25, -0.2) is 4.68 Å². The van der Waals surface area contributed by atoms with E-state index in [9.17, 15) is 4.79 Å². The van der Waals surface area contributed by atoms with Crippen LogP contribution in [-0.4, -0.2) is 30.5 Å². The maximum absolute atomic E-state index is 12.5. The lowest BCUT2D eigenvalue weighted by atomic mass is 10.1. The van der Waals surface area contributed by atoms with Gasteiger partial charge in [0.1, 0.15) is 0 Å². The highest BCUT2D eigenvalue weighted by molar-refractivity contribution is 6.03. The number of aryl methyl sites for hydroxylation is 2. The highest BCUT2D eigenvalue weighted by atomic mass is 16.2. The van der Waals surface area contributed by atoms with Crippen LogP contribution in [0.4, 0.5) is 5.69 Å². The summed E-state index contributed by atoms with van der Waals surface area (Å²) in [5.41, 5.74) is 3.77. The van der Waals surface area contributed by atoms with Crippen molar-refractivity contribution in [2.75, 3.05) is 5.32 Å². The molecule has 0 spiro atoms. The van der Waals surface area contributed by atoms with Crippen LogP contribution >= 0.6 is 0 Å². The lowest BCUT2D eigenvalue weighted by molar-refractivity contribution is 0.102. The first-order chi connectivity index (χ1) is 11.5. The zero-order chi connectivity index (χ0) is 17.3. The number of pyridine rings is 1. The molecular formula is C17H20N6O. The molecule has 1 amide bonds. The average molecular weight is 324 g/mol. The SMILES string of the molecule is Cc1cnn(-c2ccncc2NC(=O)c2cc(C(C)C)n(C)n2)c1. The van der Waals surface area contributed by atoms with Gasteiger partial charge in [0.05, 0.1) is 23.8 Å². The van der Waals surface area contributed by atoms with Crippen molar-refractivity contribution in [3.05, 3.63) is 53.9 Å². The summed E-state index contributed by atoms with van der Waals surface area (Å²) >= 11 is 0. The molecule has 7 nitrogen and oxygen atoms in total. The Morgan fingerprint density at radius 2 is 2.08 bits per heavy atom. The molecule has 0 saturated carbocycles. The second-order valence-corrected chi connectivity index (χ2v) is 6.04. The summed E-state index contributed by atoms with van der Waals surface area (Å²) < 4.78 is 3.45. The zero-order valence-electron chi connectivity index (χ0n) is 14.2. The number of hydrogen-bond donors (Lipinski definition) is 1. The second kappa shape index (κ2) is 6.27. The van der Waals surface area contributed by atoms with Gasteiger partial charge in [-0.3, -0.25) is 14.5 Å². The minimum absolute atomic E-state index is 0.268. The normalized spacial score (nSPS) is 11.0. The third-order valence-corrected chi connectivity index (χ3v) is 3.74. The molecule has 0 fully saturated rings. The fourth-order valence-corrected chi connectivity index (χ4v) is 2.55. The van der Waals surface area contributed by atoms with Gasteiger partial charge >= 0.3 is 0 Å². The summed E-state index contributed by atoms with van der Waals surface area (Å²) in [7, 11) is 1.84. The average Bonchev–Trinajstić information content (AvgIpc) is 3.14. The molecule has 0 atom stereocenters. The molecule has 0 saturated heterocycles. The smallest absolute Gasteiger partial charge is 0.276 e. The van der Waals surface area contributed by atoms with Gasteiger partial charge in [0.25, 0.3) is 5.91 Å². The van der Waals surface area contributed by atoms with Gasteiger partial charge in [-0.2, -0.15) is 10.2 Å². The van der Waals surface area contributed by atoms with Crippen LogP contribution < -0.4 is 5.32 Å². The van der Waals surface area contributed by atoms with Crippen molar-refractivity contribution in [3.8, 4) is 5.69 Å². The van der Waals surface area contributed by atoms with Crippen LogP contribution in [0.5, 0.6) is 0 Å². The number of carbonyl (C=O) groups excluding carboxylic acids is 1. The summed E-state index contributed by atoms with van der Waals surface area (Å²) in [6, 6.07) is 3.62. The number of amides is 1. The minimum Gasteiger partial charge on any atom is -0.317 e. The molecule has 0 aliphatic rings. The van der Waals surface area contributed by atoms with E-state index in [4.69, 9.17) is 0 Å². The number of anilines is 1. The van der Waals surface area contributed by atoms with Gasteiger partial charge in [-0.1, -0.05) is 13.8 Å². The van der Waals surface area contributed by atoms with E-state index < -0.39 is 0 Å². The Balaban J connectivity index is 1.89. The first-order valence-corrected chi connectivity index (χ1v) is 7.76. The first-order valence-electron chi connectivity index (χ1n) is 7.76. The lowest BCUT2D eigenvalue weighted by Crippen LogP contribution is -2.15. The molecular weight excluding hydrogens is 304 g/mol. The van der Waals surface area contributed by atoms with Gasteiger partial charge in [0, 0.05) is 25.1 Å². The maximum atomic E-state index is 12.5. The largest absolute Gasteiger partial charge is 0.317 e. The Hall–Kier alpha value is -2.96. The van der Waals surface area contributed by atoms with Crippen LogP contribution in [0.15, 0.2) is 36.9 Å². The zero-order valence-corrected chi connectivity index (χ0v) is 14.2. The molecule has 3 heterocycles. The molecule has 3 aromatic rings. The van der Waals surface area contributed by atoms with Crippen molar-refractivity contribution in [2.24, 2.45) is 7.05 Å². The minimum atomic E-state index is -0.268.